The fourth-order valence-corrected chi connectivity index (χ4v) is 3.45. The molecule has 8 heteroatoms. The van der Waals surface area contributed by atoms with Gasteiger partial charge in [-0.2, -0.15) is 0 Å². The molecule has 0 aliphatic carbocycles. The molecule has 1 atom stereocenters. The summed E-state index contributed by atoms with van der Waals surface area (Å²) in [5, 5.41) is 8.89. The van der Waals surface area contributed by atoms with E-state index in [0.717, 1.165) is 0 Å². The number of nitrogens with two attached hydrogens (primary N) is 1. The Hall–Kier alpha value is -0.530. The topological polar surface area (TPSA) is 92.4 Å². The van der Waals surface area contributed by atoms with Gasteiger partial charge in [0.15, 0.2) is 0 Å². The molecule has 108 valence electrons. The fourth-order valence-electron chi connectivity index (χ4n) is 1.51. The smallest absolute Gasteiger partial charge is 0.240 e. The number of aliphatic hydroxyl groups excluding tert-OH is 1. The van der Waals surface area contributed by atoms with Gasteiger partial charge in [-0.05, 0) is 31.9 Å². The molecule has 0 aliphatic rings. The average molecular weight is 327 g/mol. The predicted molar refractivity (Wildman–Crippen MR) is 77.0 cm³/mol. The van der Waals surface area contributed by atoms with Crippen LogP contribution in [0.1, 0.15) is 19.8 Å². The SMILES string of the molecule is CC(CCCO)NS(=O)(=O)c1cc(Cl)c(N)c(Cl)c1. The van der Waals surface area contributed by atoms with Gasteiger partial charge in [-0.3, -0.25) is 0 Å². The first-order chi connectivity index (χ1) is 8.77. The monoisotopic (exact) mass is 326 g/mol. The number of hydrogen-bond donors (Lipinski definition) is 3. The Balaban J connectivity index is 2.95. The van der Waals surface area contributed by atoms with E-state index in [1.54, 1.807) is 6.92 Å². The molecular formula is C11H16Cl2N2O3S. The van der Waals surface area contributed by atoms with Gasteiger partial charge in [0, 0.05) is 12.6 Å². The molecule has 5 nitrogen and oxygen atoms in total. The van der Waals surface area contributed by atoms with Gasteiger partial charge >= 0.3 is 0 Å². The van der Waals surface area contributed by atoms with E-state index in [9.17, 15) is 8.42 Å². The van der Waals surface area contributed by atoms with Crippen molar-refractivity contribution in [1.82, 2.24) is 4.72 Å². The molecule has 1 aromatic rings. The maximum absolute atomic E-state index is 12.1. The lowest BCUT2D eigenvalue weighted by atomic mass is 10.2. The standard InChI is InChI=1S/C11H16Cl2N2O3S/c1-7(3-2-4-16)15-19(17,18)8-5-9(12)11(14)10(13)6-8/h5-7,15-16H,2-4,14H2,1H3. The Morgan fingerprint density at radius 1 is 1.37 bits per heavy atom. The number of hydrogen-bond acceptors (Lipinski definition) is 4. The molecule has 0 aliphatic heterocycles. The van der Waals surface area contributed by atoms with Crippen molar-refractivity contribution < 1.29 is 13.5 Å². The number of rotatable bonds is 6. The molecule has 19 heavy (non-hydrogen) atoms. The third-order valence-electron chi connectivity index (χ3n) is 2.51. The van der Waals surface area contributed by atoms with Crippen LogP contribution in [0, 0.1) is 0 Å². The third kappa shape index (κ3) is 4.50. The summed E-state index contributed by atoms with van der Waals surface area (Å²) in [5.74, 6) is 0. The first-order valence-corrected chi connectivity index (χ1v) is 7.89. The van der Waals surface area contributed by atoms with E-state index >= 15 is 0 Å². The second-order valence-electron chi connectivity index (χ2n) is 4.19. The summed E-state index contributed by atoms with van der Waals surface area (Å²) in [5.41, 5.74) is 5.70. The Bertz CT molecular complexity index is 526. The highest BCUT2D eigenvalue weighted by Crippen LogP contribution is 2.30. The molecule has 0 saturated heterocycles. The minimum absolute atomic E-state index is 0.0194. The Morgan fingerprint density at radius 2 is 1.89 bits per heavy atom. The number of nitrogen functional groups attached to an aromatic ring is 1. The molecule has 1 aromatic carbocycles. The molecule has 1 rings (SSSR count). The molecule has 0 aromatic heterocycles. The maximum Gasteiger partial charge on any atom is 0.240 e. The summed E-state index contributed by atoms with van der Waals surface area (Å²) in [4.78, 5) is -0.0347. The molecule has 1 unspecified atom stereocenters. The molecule has 0 bridgehead atoms. The van der Waals surface area contributed by atoms with Gasteiger partial charge in [-0.1, -0.05) is 23.2 Å². The highest BCUT2D eigenvalue weighted by Gasteiger charge is 2.19. The van der Waals surface area contributed by atoms with Crippen LogP contribution < -0.4 is 10.5 Å². The second-order valence-corrected chi connectivity index (χ2v) is 6.72. The zero-order chi connectivity index (χ0) is 14.6. The number of sulfonamides is 1. The number of nitrogens with one attached hydrogen (secondary N) is 1. The van der Waals surface area contributed by atoms with Crippen molar-refractivity contribution in [3.63, 3.8) is 0 Å². The number of benzene rings is 1. The van der Waals surface area contributed by atoms with Crippen LogP contribution in [0.4, 0.5) is 5.69 Å². The number of anilines is 1. The van der Waals surface area contributed by atoms with Crippen LogP contribution in [0.25, 0.3) is 0 Å². The van der Waals surface area contributed by atoms with E-state index in [1.165, 1.54) is 12.1 Å². The van der Waals surface area contributed by atoms with Gasteiger partial charge in [0.2, 0.25) is 10.0 Å². The minimum atomic E-state index is -3.71. The fraction of sp³-hybridized carbons (Fsp3) is 0.455. The molecular weight excluding hydrogens is 311 g/mol. The maximum atomic E-state index is 12.1. The van der Waals surface area contributed by atoms with E-state index in [-0.39, 0.29) is 33.3 Å². The van der Waals surface area contributed by atoms with Gasteiger partial charge in [-0.25, -0.2) is 13.1 Å². The van der Waals surface area contributed by atoms with Crippen LogP contribution in [0.15, 0.2) is 17.0 Å². The molecule has 0 radical (unpaired) electrons. The van der Waals surface area contributed by atoms with Gasteiger partial charge in [-0.15, -0.1) is 0 Å². The van der Waals surface area contributed by atoms with Crippen molar-refractivity contribution in [2.45, 2.75) is 30.7 Å². The van der Waals surface area contributed by atoms with Crippen LogP contribution in [0.3, 0.4) is 0 Å². The summed E-state index contributed by atoms with van der Waals surface area (Å²) in [6.45, 7) is 1.74. The average Bonchev–Trinajstić information content (AvgIpc) is 2.32. The summed E-state index contributed by atoms with van der Waals surface area (Å²) < 4.78 is 26.7. The van der Waals surface area contributed by atoms with Gasteiger partial charge in [0.1, 0.15) is 0 Å². The third-order valence-corrected chi connectivity index (χ3v) is 4.71. The van der Waals surface area contributed by atoms with Gasteiger partial charge in [0.25, 0.3) is 0 Å². The van der Waals surface area contributed by atoms with E-state index < -0.39 is 10.0 Å². The quantitative estimate of drug-likeness (QED) is 0.697. The largest absolute Gasteiger partial charge is 0.396 e. The summed E-state index contributed by atoms with van der Waals surface area (Å²) >= 11 is 11.6. The lowest BCUT2D eigenvalue weighted by molar-refractivity contribution is 0.279. The zero-order valence-electron chi connectivity index (χ0n) is 10.4. The van der Waals surface area contributed by atoms with E-state index in [0.29, 0.717) is 12.8 Å². The zero-order valence-corrected chi connectivity index (χ0v) is 12.7. The Morgan fingerprint density at radius 3 is 2.37 bits per heavy atom. The highest BCUT2D eigenvalue weighted by molar-refractivity contribution is 7.89. The van der Waals surface area contributed by atoms with Crippen molar-refractivity contribution in [2.75, 3.05) is 12.3 Å². The lowest BCUT2D eigenvalue weighted by Crippen LogP contribution is -2.32. The summed E-state index contributed by atoms with van der Waals surface area (Å²) in [6.07, 6.45) is 1.05. The van der Waals surface area contributed by atoms with Gasteiger partial charge < -0.3 is 10.8 Å². The van der Waals surface area contributed by atoms with E-state index in [4.69, 9.17) is 34.0 Å². The number of halogens is 2. The second kappa shape index (κ2) is 6.76. The van der Waals surface area contributed by atoms with Crippen molar-refractivity contribution in [3.8, 4) is 0 Å². The Labute approximate surface area is 122 Å². The van der Waals surface area contributed by atoms with Crippen LogP contribution >= 0.6 is 23.2 Å². The Kier molecular flexibility index (Phi) is 5.88. The van der Waals surface area contributed by atoms with Crippen molar-refractivity contribution in [3.05, 3.63) is 22.2 Å². The van der Waals surface area contributed by atoms with Crippen molar-refractivity contribution >= 4 is 38.9 Å². The van der Waals surface area contributed by atoms with E-state index in [1.807, 2.05) is 0 Å². The summed E-state index contributed by atoms with van der Waals surface area (Å²) in [6, 6.07) is 2.21. The molecule has 0 fully saturated rings. The highest BCUT2D eigenvalue weighted by atomic mass is 35.5. The lowest BCUT2D eigenvalue weighted by Gasteiger charge is -2.14. The first kappa shape index (κ1) is 16.5. The van der Waals surface area contributed by atoms with Gasteiger partial charge in [0.05, 0.1) is 20.6 Å². The molecule has 0 spiro atoms. The predicted octanol–water partition coefficient (Wildman–Crippen LogP) is 2.01. The number of aliphatic hydroxyl groups is 1. The van der Waals surface area contributed by atoms with Crippen LogP contribution in [0.2, 0.25) is 10.0 Å². The minimum Gasteiger partial charge on any atom is -0.396 e. The molecule has 4 N–H and O–H groups in total. The van der Waals surface area contributed by atoms with E-state index in [2.05, 4.69) is 4.72 Å². The first-order valence-electron chi connectivity index (χ1n) is 5.65. The van der Waals surface area contributed by atoms with Crippen LogP contribution in [0.5, 0.6) is 0 Å². The molecule has 0 saturated carbocycles. The normalized spacial score (nSPS) is 13.5. The van der Waals surface area contributed by atoms with Crippen molar-refractivity contribution in [1.29, 1.82) is 0 Å². The van der Waals surface area contributed by atoms with Crippen molar-refractivity contribution in [2.24, 2.45) is 0 Å². The van der Waals surface area contributed by atoms with Crippen LogP contribution in [-0.2, 0) is 10.0 Å². The summed E-state index contributed by atoms with van der Waals surface area (Å²) in [7, 11) is -3.71. The van der Waals surface area contributed by atoms with Crippen LogP contribution in [-0.4, -0.2) is 26.2 Å². The molecule has 0 heterocycles. The molecule has 0 amide bonds.